The highest BCUT2D eigenvalue weighted by atomic mass is 16.5. The zero-order valence-corrected chi connectivity index (χ0v) is 8.68. The molecule has 0 fully saturated rings. The van der Waals surface area contributed by atoms with Crippen LogP contribution in [0.15, 0.2) is 12.1 Å². The van der Waals surface area contributed by atoms with Gasteiger partial charge in [-0.25, -0.2) is 0 Å². The fourth-order valence-electron chi connectivity index (χ4n) is 1.31. The van der Waals surface area contributed by atoms with Crippen LogP contribution < -0.4 is 9.47 Å². The second kappa shape index (κ2) is 4.17. The van der Waals surface area contributed by atoms with Crippen LogP contribution in [0.1, 0.15) is 18.1 Å². The summed E-state index contributed by atoms with van der Waals surface area (Å²) in [5.74, 6) is 1.81. The molecule has 0 amide bonds. The standard InChI is InChI=1S/C11H16O2/c1-5-13-11-7-8(2)6-10(12-4)9(11)3/h6-7H,5H2,1-4H3. The molecule has 2 heteroatoms. The van der Waals surface area contributed by atoms with Gasteiger partial charge in [0.15, 0.2) is 0 Å². The Bertz CT molecular complexity index is 292. The first-order chi connectivity index (χ1) is 6.19. The Balaban J connectivity index is 3.11. The lowest BCUT2D eigenvalue weighted by atomic mass is 10.1. The molecule has 2 nitrogen and oxygen atoms in total. The number of methoxy groups -OCH3 is 1. The average Bonchev–Trinajstić information content (AvgIpc) is 2.11. The van der Waals surface area contributed by atoms with Crippen LogP contribution in [-0.2, 0) is 0 Å². The Labute approximate surface area is 79.5 Å². The highest BCUT2D eigenvalue weighted by Crippen LogP contribution is 2.29. The van der Waals surface area contributed by atoms with E-state index >= 15 is 0 Å². The monoisotopic (exact) mass is 180 g/mol. The van der Waals surface area contributed by atoms with Crippen LogP contribution in [0, 0.1) is 13.8 Å². The summed E-state index contributed by atoms with van der Waals surface area (Å²) >= 11 is 0. The van der Waals surface area contributed by atoms with Gasteiger partial charge in [-0.3, -0.25) is 0 Å². The first-order valence-electron chi connectivity index (χ1n) is 4.47. The van der Waals surface area contributed by atoms with Crippen LogP contribution in [0.3, 0.4) is 0 Å². The summed E-state index contributed by atoms with van der Waals surface area (Å²) in [6, 6.07) is 4.04. The summed E-state index contributed by atoms with van der Waals surface area (Å²) in [6.07, 6.45) is 0. The summed E-state index contributed by atoms with van der Waals surface area (Å²) in [4.78, 5) is 0. The summed E-state index contributed by atoms with van der Waals surface area (Å²) in [5.41, 5.74) is 2.22. The van der Waals surface area contributed by atoms with Gasteiger partial charge in [-0.1, -0.05) is 0 Å². The van der Waals surface area contributed by atoms with Gasteiger partial charge in [-0.15, -0.1) is 0 Å². The van der Waals surface area contributed by atoms with E-state index in [4.69, 9.17) is 9.47 Å². The van der Waals surface area contributed by atoms with Crippen molar-refractivity contribution in [1.82, 2.24) is 0 Å². The summed E-state index contributed by atoms with van der Waals surface area (Å²) < 4.78 is 10.7. The highest BCUT2D eigenvalue weighted by molar-refractivity contribution is 5.46. The molecule has 0 heterocycles. The van der Waals surface area contributed by atoms with E-state index in [1.165, 1.54) is 0 Å². The molecule has 0 unspecified atom stereocenters. The minimum absolute atomic E-state index is 0.688. The zero-order chi connectivity index (χ0) is 9.84. The maximum absolute atomic E-state index is 5.48. The molecule has 0 aromatic heterocycles. The van der Waals surface area contributed by atoms with Crippen LogP contribution in [0.4, 0.5) is 0 Å². The van der Waals surface area contributed by atoms with Crippen molar-refractivity contribution >= 4 is 0 Å². The van der Waals surface area contributed by atoms with E-state index in [2.05, 4.69) is 0 Å². The predicted octanol–water partition coefficient (Wildman–Crippen LogP) is 2.71. The molecule has 1 aromatic rings. The average molecular weight is 180 g/mol. The lowest BCUT2D eigenvalue weighted by Crippen LogP contribution is -1.97. The molecule has 0 aliphatic rings. The fourth-order valence-corrected chi connectivity index (χ4v) is 1.31. The summed E-state index contributed by atoms with van der Waals surface area (Å²) in [7, 11) is 1.68. The van der Waals surface area contributed by atoms with Crippen molar-refractivity contribution in [2.45, 2.75) is 20.8 Å². The van der Waals surface area contributed by atoms with Gasteiger partial charge in [0.2, 0.25) is 0 Å². The molecule has 0 N–H and O–H groups in total. The van der Waals surface area contributed by atoms with Crippen molar-refractivity contribution in [2.24, 2.45) is 0 Å². The third-order valence-corrected chi connectivity index (χ3v) is 1.98. The van der Waals surface area contributed by atoms with Crippen molar-refractivity contribution in [1.29, 1.82) is 0 Å². The molecule has 0 aliphatic heterocycles. The number of rotatable bonds is 3. The van der Waals surface area contributed by atoms with Gasteiger partial charge in [-0.2, -0.15) is 0 Å². The second-order valence-electron chi connectivity index (χ2n) is 3.02. The molecule has 13 heavy (non-hydrogen) atoms. The van der Waals surface area contributed by atoms with Gasteiger partial charge in [0.05, 0.1) is 13.7 Å². The third kappa shape index (κ3) is 2.14. The first kappa shape index (κ1) is 9.90. The molecule has 1 aromatic carbocycles. The van der Waals surface area contributed by atoms with E-state index in [-0.39, 0.29) is 0 Å². The van der Waals surface area contributed by atoms with E-state index < -0.39 is 0 Å². The van der Waals surface area contributed by atoms with Crippen LogP contribution >= 0.6 is 0 Å². The van der Waals surface area contributed by atoms with E-state index in [0.29, 0.717) is 6.61 Å². The molecule has 0 atom stereocenters. The number of benzene rings is 1. The summed E-state index contributed by atoms with van der Waals surface area (Å²) in [5, 5.41) is 0. The fraction of sp³-hybridized carbons (Fsp3) is 0.455. The number of hydrogen-bond acceptors (Lipinski definition) is 2. The van der Waals surface area contributed by atoms with Crippen LogP contribution in [0.5, 0.6) is 11.5 Å². The number of aryl methyl sites for hydroxylation is 1. The van der Waals surface area contributed by atoms with E-state index in [0.717, 1.165) is 22.6 Å². The Hall–Kier alpha value is -1.18. The lowest BCUT2D eigenvalue weighted by Gasteiger charge is -2.11. The largest absolute Gasteiger partial charge is 0.496 e. The Morgan fingerprint density at radius 3 is 2.31 bits per heavy atom. The van der Waals surface area contributed by atoms with Crippen molar-refractivity contribution in [3.05, 3.63) is 23.3 Å². The van der Waals surface area contributed by atoms with Gasteiger partial charge in [-0.05, 0) is 38.5 Å². The van der Waals surface area contributed by atoms with Gasteiger partial charge >= 0.3 is 0 Å². The molecule has 0 bridgehead atoms. The molecule has 72 valence electrons. The SMILES string of the molecule is CCOc1cc(C)cc(OC)c1C. The van der Waals surface area contributed by atoms with Crippen molar-refractivity contribution < 1.29 is 9.47 Å². The minimum Gasteiger partial charge on any atom is -0.496 e. The molecule has 0 saturated carbocycles. The van der Waals surface area contributed by atoms with Gasteiger partial charge in [0.25, 0.3) is 0 Å². The molecule has 0 spiro atoms. The molecule has 0 radical (unpaired) electrons. The zero-order valence-electron chi connectivity index (χ0n) is 8.68. The predicted molar refractivity (Wildman–Crippen MR) is 53.6 cm³/mol. The maximum Gasteiger partial charge on any atom is 0.126 e. The number of hydrogen-bond donors (Lipinski definition) is 0. The lowest BCUT2D eigenvalue weighted by molar-refractivity contribution is 0.332. The van der Waals surface area contributed by atoms with Crippen LogP contribution in [0.2, 0.25) is 0 Å². The van der Waals surface area contributed by atoms with Crippen molar-refractivity contribution in [3.8, 4) is 11.5 Å². The van der Waals surface area contributed by atoms with Gasteiger partial charge in [0, 0.05) is 5.56 Å². The second-order valence-corrected chi connectivity index (χ2v) is 3.02. The van der Waals surface area contributed by atoms with Crippen molar-refractivity contribution in [2.75, 3.05) is 13.7 Å². The smallest absolute Gasteiger partial charge is 0.126 e. The van der Waals surface area contributed by atoms with Crippen LogP contribution in [-0.4, -0.2) is 13.7 Å². The maximum atomic E-state index is 5.48. The Morgan fingerprint density at radius 1 is 1.15 bits per heavy atom. The van der Waals surface area contributed by atoms with Gasteiger partial charge < -0.3 is 9.47 Å². The third-order valence-electron chi connectivity index (χ3n) is 1.98. The normalized spacial score (nSPS) is 9.85. The molecule has 1 rings (SSSR count). The van der Waals surface area contributed by atoms with Crippen molar-refractivity contribution in [3.63, 3.8) is 0 Å². The van der Waals surface area contributed by atoms with E-state index in [9.17, 15) is 0 Å². The molecular weight excluding hydrogens is 164 g/mol. The molecular formula is C11H16O2. The first-order valence-corrected chi connectivity index (χ1v) is 4.47. The number of ether oxygens (including phenoxy) is 2. The topological polar surface area (TPSA) is 18.5 Å². The Kier molecular flexibility index (Phi) is 3.18. The molecule has 0 saturated heterocycles. The van der Waals surface area contributed by atoms with Gasteiger partial charge in [0.1, 0.15) is 11.5 Å². The summed E-state index contributed by atoms with van der Waals surface area (Å²) in [6.45, 7) is 6.70. The highest BCUT2D eigenvalue weighted by Gasteiger charge is 2.05. The Morgan fingerprint density at radius 2 is 1.77 bits per heavy atom. The quantitative estimate of drug-likeness (QED) is 0.712. The molecule has 0 aliphatic carbocycles. The van der Waals surface area contributed by atoms with E-state index in [1.54, 1.807) is 7.11 Å². The minimum atomic E-state index is 0.688. The van der Waals surface area contributed by atoms with E-state index in [1.807, 2.05) is 32.9 Å². The van der Waals surface area contributed by atoms with Crippen LogP contribution in [0.25, 0.3) is 0 Å².